The van der Waals surface area contributed by atoms with E-state index in [1.165, 1.54) is 5.56 Å². The molecule has 0 bridgehead atoms. The molecule has 0 radical (unpaired) electrons. The van der Waals surface area contributed by atoms with Crippen LogP contribution in [0.4, 0.5) is 0 Å². The van der Waals surface area contributed by atoms with Gasteiger partial charge in [0, 0.05) is 31.7 Å². The van der Waals surface area contributed by atoms with Crippen molar-refractivity contribution < 1.29 is 14.3 Å². The number of carbonyl (C=O) groups is 2. The van der Waals surface area contributed by atoms with Gasteiger partial charge >= 0.3 is 0 Å². The Labute approximate surface area is 192 Å². The van der Waals surface area contributed by atoms with Crippen LogP contribution in [-0.2, 0) is 17.9 Å². The fraction of sp³-hybridized carbons (Fsp3) is 0.360. The monoisotopic (exact) mass is 445 g/mol. The summed E-state index contributed by atoms with van der Waals surface area (Å²) in [6, 6.07) is 15.8. The van der Waals surface area contributed by atoms with Crippen molar-refractivity contribution in [3.05, 3.63) is 82.2 Å². The summed E-state index contributed by atoms with van der Waals surface area (Å²) in [5, 5.41) is 8.42. The number of fused-ring (bicyclic) bond motifs is 1. The first-order valence-electron chi connectivity index (χ1n) is 11.3. The number of hydrogen-bond donors (Lipinski definition) is 0. The van der Waals surface area contributed by atoms with Crippen molar-refractivity contribution in [1.29, 1.82) is 0 Å². The zero-order valence-electron chi connectivity index (χ0n) is 18.9. The number of piperazine rings is 1. The second-order valence-corrected chi connectivity index (χ2v) is 8.73. The molecular formula is C25H27N5O3. The van der Waals surface area contributed by atoms with Crippen molar-refractivity contribution in [1.82, 2.24) is 24.8 Å². The molecule has 1 fully saturated rings. The maximum atomic E-state index is 13.2. The Hall–Kier alpha value is -3.52. The van der Waals surface area contributed by atoms with E-state index >= 15 is 0 Å². The van der Waals surface area contributed by atoms with Crippen molar-refractivity contribution >= 4 is 11.8 Å². The average Bonchev–Trinajstić information content (AvgIpc) is 3.27. The summed E-state index contributed by atoms with van der Waals surface area (Å²) in [5.74, 6) is -0.154. The van der Waals surface area contributed by atoms with Crippen molar-refractivity contribution in [2.45, 2.75) is 33.1 Å². The molecule has 1 atom stereocenters. The van der Waals surface area contributed by atoms with E-state index in [4.69, 9.17) is 4.74 Å². The Morgan fingerprint density at radius 2 is 1.61 bits per heavy atom. The maximum Gasteiger partial charge on any atom is 0.276 e. The third-order valence-electron chi connectivity index (χ3n) is 6.37. The van der Waals surface area contributed by atoms with Crippen LogP contribution in [-0.4, -0.2) is 62.8 Å². The zero-order chi connectivity index (χ0) is 22.9. The van der Waals surface area contributed by atoms with E-state index in [1.807, 2.05) is 31.2 Å². The Bertz CT molecular complexity index is 1180. The second-order valence-electron chi connectivity index (χ2n) is 8.73. The van der Waals surface area contributed by atoms with Gasteiger partial charge in [0.25, 0.3) is 11.8 Å². The summed E-state index contributed by atoms with van der Waals surface area (Å²) in [6.45, 7) is 6.76. The number of carbonyl (C=O) groups excluding carboxylic acids is 2. The summed E-state index contributed by atoms with van der Waals surface area (Å²) in [5.41, 5.74) is 5.08. The van der Waals surface area contributed by atoms with Crippen LogP contribution >= 0.6 is 0 Å². The molecule has 1 saturated heterocycles. The molecule has 1 unspecified atom stereocenters. The number of amides is 2. The summed E-state index contributed by atoms with van der Waals surface area (Å²) in [6.07, 6.45) is -0.112. The second kappa shape index (κ2) is 8.78. The van der Waals surface area contributed by atoms with Gasteiger partial charge in [-0.3, -0.25) is 9.59 Å². The molecule has 8 heteroatoms. The first kappa shape index (κ1) is 21.3. The fourth-order valence-corrected chi connectivity index (χ4v) is 4.38. The van der Waals surface area contributed by atoms with Crippen molar-refractivity contribution in [3.8, 4) is 0 Å². The van der Waals surface area contributed by atoms with E-state index in [2.05, 4.69) is 41.5 Å². The van der Waals surface area contributed by atoms with Crippen molar-refractivity contribution in [2.75, 3.05) is 26.2 Å². The quantitative estimate of drug-likeness (QED) is 0.619. The van der Waals surface area contributed by atoms with Crippen LogP contribution in [0.5, 0.6) is 0 Å². The molecule has 0 saturated carbocycles. The van der Waals surface area contributed by atoms with Crippen LogP contribution < -0.4 is 0 Å². The van der Waals surface area contributed by atoms with Gasteiger partial charge in [0.2, 0.25) is 0 Å². The molecule has 1 aromatic heterocycles. The lowest BCUT2D eigenvalue weighted by Crippen LogP contribution is -2.50. The molecule has 0 aliphatic carbocycles. The number of nitrogens with zero attached hydrogens (tertiary/aromatic N) is 5. The largest absolute Gasteiger partial charge is 0.365 e. The van der Waals surface area contributed by atoms with Gasteiger partial charge in [-0.05, 0) is 31.5 Å². The molecular weight excluding hydrogens is 418 g/mol. The van der Waals surface area contributed by atoms with E-state index in [-0.39, 0.29) is 17.9 Å². The van der Waals surface area contributed by atoms with E-state index in [0.29, 0.717) is 56.3 Å². The van der Waals surface area contributed by atoms with Crippen molar-refractivity contribution in [3.63, 3.8) is 0 Å². The van der Waals surface area contributed by atoms with E-state index in [9.17, 15) is 9.59 Å². The van der Waals surface area contributed by atoms with Gasteiger partial charge in [-0.1, -0.05) is 52.7 Å². The number of aryl methyl sites for hydroxylation is 2. The van der Waals surface area contributed by atoms with Gasteiger partial charge < -0.3 is 14.5 Å². The highest BCUT2D eigenvalue weighted by atomic mass is 16.5. The lowest BCUT2D eigenvalue weighted by Gasteiger charge is -2.34. The minimum absolute atomic E-state index is 0.00221. The molecule has 2 amide bonds. The van der Waals surface area contributed by atoms with Crippen LogP contribution in [0.15, 0.2) is 48.5 Å². The molecule has 2 aromatic carbocycles. The first-order valence-corrected chi connectivity index (χ1v) is 11.3. The van der Waals surface area contributed by atoms with Gasteiger partial charge in [0.1, 0.15) is 6.10 Å². The van der Waals surface area contributed by atoms with E-state index < -0.39 is 0 Å². The minimum Gasteiger partial charge on any atom is -0.365 e. The molecule has 170 valence electrons. The predicted octanol–water partition coefficient (Wildman–Crippen LogP) is 2.76. The van der Waals surface area contributed by atoms with Crippen LogP contribution in [0.1, 0.15) is 49.3 Å². The molecule has 2 aliphatic heterocycles. The number of rotatable bonds is 3. The summed E-state index contributed by atoms with van der Waals surface area (Å²) in [4.78, 5) is 29.5. The molecule has 8 nitrogen and oxygen atoms in total. The zero-order valence-corrected chi connectivity index (χ0v) is 18.9. The Kier molecular flexibility index (Phi) is 5.68. The Morgan fingerprint density at radius 3 is 2.30 bits per heavy atom. The van der Waals surface area contributed by atoms with Crippen molar-refractivity contribution in [2.24, 2.45) is 0 Å². The van der Waals surface area contributed by atoms with E-state index in [0.717, 1.165) is 11.1 Å². The lowest BCUT2D eigenvalue weighted by molar-refractivity contribution is -0.00203. The standard InChI is InChI=1S/C25H27N5O3/c1-17-6-8-19(9-7-17)22-15-30-21(16-33-22)23(26-27-30)25(32)29-12-10-28(11-13-29)24(31)20-5-3-4-18(2)14-20/h3-9,14,22H,10-13,15-16H2,1-2H3. The van der Waals surface area contributed by atoms with Crippen LogP contribution in [0.2, 0.25) is 0 Å². The highest BCUT2D eigenvalue weighted by molar-refractivity contribution is 5.95. The average molecular weight is 446 g/mol. The van der Waals surface area contributed by atoms with Crippen LogP contribution in [0.25, 0.3) is 0 Å². The molecule has 0 spiro atoms. The van der Waals surface area contributed by atoms with Gasteiger partial charge in [0.05, 0.1) is 18.8 Å². The van der Waals surface area contributed by atoms with Gasteiger partial charge in [0.15, 0.2) is 5.69 Å². The van der Waals surface area contributed by atoms with Crippen LogP contribution in [0.3, 0.4) is 0 Å². The number of benzene rings is 2. The number of ether oxygens (including phenoxy) is 1. The SMILES string of the molecule is Cc1ccc(C2Cn3nnc(C(=O)N4CCN(C(=O)c5cccc(C)c5)CC4)c3CO2)cc1. The molecule has 3 heterocycles. The highest BCUT2D eigenvalue weighted by Gasteiger charge is 2.32. The summed E-state index contributed by atoms with van der Waals surface area (Å²) in [7, 11) is 0. The highest BCUT2D eigenvalue weighted by Crippen LogP contribution is 2.27. The normalized spacial score (nSPS) is 18.2. The first-order chi connectivity index (χ1) is 16.0. The number of hydrogen-bond acceptors (Lipinski definition) is 5. The molecule has 0 N–H and O–H groups in total. The third-order valence-corrected chi connectivity index (χ3v) is 6.37. The molecule has 5 rings (SSSR count). The molecule has 33 heavy (non-hydrogen) atoms. The molecule has 3 aromatic rings. The third kappa shape index (κ3) is 4.26. The Morgan fingerprint density at radius 1 is 0.909 bits per heavy atom. The van der Waals surface area contributed by atoms with Gasteiger partial charge in [-0.2, -0.15) is 0 Å². The van der Waals surface area contributed by atoms with E-state index in [1.54, 1.807) is 14.5 Å². The van der Waals surface area contributed by atoms with Crippen LogP contribution in [0, 0.1) is 13.8 Å². The Balaban J connectivity index is 1.23. The number of aromatic nitrogens is 3. The predicted molar refractivity (Wildman–Crippen MR) is 122 cm³/mol. The van der Waals surface area contributed by atoms with Gasteiger partial charge in [-0.15, -0.1) is 5.10 Å². The summed E-state index contributed by atoms with van der Waals surface area (Å²) >= 11 is 0. The summed E-state index contributed by atoms with van der Waals surface area (Å²) < 4.78 is 7.83. The molecule has 2 aliphatic rings. The topological polar surface area (TPSA) is 80.6 Å². The lowest BCUT2D eigenvalue weighted by atomic mass is 10.1. The maximum absolute atomic E-state index is 13.2. The smallest absolute Gasteiger partial charge is 0.276 e. The van der Waals surface area contributed by atoms with Gasteiger partial charge in [-0.25, -0.2) is 4.68 Å². The minimum atomic E-state index is -0.156. The fourth-order valence-electron chi connectivity index (χ4n) is 4.38.